The molecule has 0 aliphatic carbocycles. The van der Waals surface area contributed by atoms with Gasteiger partial charge in [-0.3, -0.25) is 4.98 Å². The lowest BCUT2D eigenvalue weighted by Gasteiger charge is -2.16. The van der Waals surface area contributed by atoms with Gasteiger partial charge in [-0.1, -0.05) is 24.3 Å². The first kappa shape index (κ1) is 14.5. The number of rotatable bonds is 5. The number of methoxy groups -OCH3 is 1. The summed E-state index contributed by atoms with van der Waals surface area (Å²) in [5.41, 5.74) is 4.61. The lowest BCUT2D eigenvalue weighted by Crippen LogP contribution is -2.19. The predicted molar refractivity (Wildman–Crippen MR) is 82.0 cm³/mol. The number of aromatic nitrogens is 1. The highest BCUT2D eigenvalue weighted by molar-refractivity contribution is 5.29. The average molecular weight is 270 g/mol. The van der Waals surface area contributed by atoms with Crippen molar-refractivity contribution in [2.24, 2.45) is 0 Å². The summed E-state index contributed by atoms with van der Waals surface area (Å²) in [6.07, 6.45) is 0. The van der Waals surface area contributed by atoms with Gasteiger partial charge in [0.05, 0.1) is 12.8 Å². The van der Waals surface area contributed by atoms with E-state index in [1.807, 2.05) is 19.1 Å². The van der Waals surface area contributed by atoms with Crippen molar-refractivity contribution in [3.8, 4) is 5.75 Å². The highest BCUT2D eigenvalue weighted by atomic mass is 16.5. The van der Waals surface area contributed by atoms with E-state index in [9.17, 15) is 0 Å². The van der Waals surface area contributed by atoms with Crippen LogP contribution < -0.4 is 10.1 Å². The Kier molecular flexibility index (Phi) is 4.74. The summed E-state index contributed by atoms with van der Waals surface area (Å²) >= 11 is 0. The number of nitrogens with zero attached hydrogens (tertiary/aromatic N) is 1. The van der Waals surface area contributed by atoms with Crippen LogP contribution in [0.2, 0.25) is 0 Å². The molecule has 0 amide bonds. The molecule has 1 aromatic carbocycles. The fourth-order valence-corrected chi connectivity index (χ4v) is 2.35. The number of hydrogen-bond donors (Lipinski definition) is 1. The Balaban J connectivity index is 2.05. The monoisotopic (exact) mass is 270 g/mol. The Bertz CT molecular complexity index is 581. The van der Waals surface area contributed by atoms with Gasteiger partial charge in [0, 0.05) is 30.4 Å². The first-order chi connectivity index (χ1) is 9.60. The van der Waals surface area contributed by atoms with Gasteiger partial charge in [-0.25, -0.2) is 0 Å². The topological polar surface area (TPSA) is 34.1 Å². The summed E-state index contributed by atoms with van der Waals surface area (Å²) in [6.45, 7) is 7.03. The molecule has 0 saturated heterocycles. The van der Waals surface area contributed by atoms with Gasteiger partial charge in [0.15, 0.2) is 0 Å². The fourth-order valence-electron chi connectivity index (χ4n) is 2.35. The number of pyridine rings is 1. The van der Waals surface area contributed by atoms with Crippen LogP contribution in [0.3, 0.4) is 0 Å². The van der Waals surface area contributed by atoms with Gasteiger partial charge < -0.3 is 10.1 Å². The lowest BCUT2D eigenvalue weighted by atomic mass is 10.0. The SMILES string of the molecule is COc1cc(C)nc(CN[C@H](C)c2ccccc2C)c1. The molecule has 106 valence electrons. The highest BCUT2D eigenvalue weighted by Crippen LogP contribution is 2.18. The van der Waals surface area contributed by atoms with E-state index >= 15 is 0 Å². The first-order valence-electron chi connectivity index (χ1n) is 6.90. The van der Waals surface area contributed by atoms with Crippen LogP contribution in [0.5, 0.6) is 5.75 Å². The molecule has 1 atom stereocenters. The van der Waals surface area contributed by atoms with Crippen molar-refractivity contribution >= 4 is 0 Å². The molecule has 0 radical (unpaired) electrons. The van der Waals surface area contributed by atoms with Crippen molar-refractivity contribution in [3.05, 3.63) is 58.9 Å². The summed E-state index contributed by atoms with van der Waals surface area (Å²) in [5.74, 6) is 0.859. The van der Waals surface area contributed by atoms with Gasteiger partial charge in [0.25, 0.3) is 0 Å². The Morgan fingerprint density at radius 3 is 2.65 bits per heavy atom. The van der Waals surface area contributed by atoms with Crippen molar-refractivity contribution in [1.82, 2.24) is 10.3 Å². The lowest BCUT2D eigenvalue weighted by molar-refractivity contribution is 0.412. The molecular formula is C17H22N2O. The second-order valence-corrected chi connectivity index (χ2v) is 5.10. The molecule has 3 nitrogen and oxygen atoms in total. The molecule has 1 N–H and O–H groups in total. The van der Waals surface area contributed by atoms with E-state index in [0.717, 1.165) is 23.7 Å². The Morgan fingerprint density at radius 1 is 1.20 bits per heavy atom. The van der Waals surface area contributed by atoms with Crippen LogP contribution >= 0.6 is 0 Å². The molecule has 0 bridgehead atoms. The first-order valence-corrected chi connectivity index (χ1v) is 6.90. The normalized spacial score (nSPS) is 12.2. The zero-order valence-corrected chi connectivity index (χ0v) is 12.6. The van der Waals surface area contributed by atoms with E-state index < -0.39 is 0 Å². The molecule has 0 aliphatic heterocycles. The minimum atomic E-state index is 0.296. The zero-order valence-electron chi connectivity index (χ0n) is 12.6. The van der Waals surface area contributed by atoms with Crippen LogP contribution in [0.25, 0.3) is 0 Å². The number of nitrogens with one attached hydrogen (secondary N) is 1. The summed E-state index contributed by atoms with van der Waals surface area (Å²) in [5, 5.41) is 3.52. The molecular weight excluding hydrogens is 248 g/mol. The van der Waals surface area contributed by atoms with Crippen LogP contribution in [-0.4, -0.2) is 12.1 Å². The molecule has 1 aromatic heterocycles. The quantitative estimate of drug-likeness (QED) is 0.902. The van der Waals surface area contributed by atoms with Gasteiger partial charge in [0.1, 0.15) is 5.75 Å². The maximum absolute atomic E-state index is 5.28. The highest BCUT2D eigenvalue weighted by Gasteiger charge is 2.08. The molecule has 0 saturated carbocycles. The second kappa shape index (κ2) is 6.53. The number of ether oxygens (including phenoxy) is 1. The molecule has 2 aromatic rings. The van der Waals surface area contributed by atoms with Crippen LogP contribution in [0.1, 0.15) is 35.5 Å². The summed E-state index contributed by atoms with van der Waals surface area (Å²) in [7, 11) is 1.68. The Morgan fingerprint density at radius 2 is 1.95 bits per heavy atom. The minimum Gasteiger partial charge on any atom is -0.497 e. The minimum absolute atomic E-state index is 0.296. The van der Waals surface area contributed by atoms with E-state index in [-0.39, 0.29) is 0 Å². The molecule has 0 fully saturated rings. The van der Waals surface area contributed by atoms with Crippen molar-refractivity contribution in [2.45, 2.75) is 33.4 Å². The summed E-state index contributed by atoms with van der Waals surface area (Å²) in [6, 6.07) is 12.7. The molecule has 1 heterocycles. The van der Waals surface area contributed by atoms with Gasteiger partial charge >= 0.3 is 0 Å². The number of hydrogen-bond acceptors (Lipinski definition) is 3. The molecule has 0 aliphatic rings. The molecule has 20 heavy (non-hydrogen) atoms. The molecule has 0 unspecified atom stereocenters. The van der Waals surface area contributed by atoms with E-state index in [0.29, 0.717) is 6.04 Å². The number of benzene rings is 1. The van der Waals surface area contributed by atoms with E-state index in [1.54, 1.807) is 7.11 Å². The van der Waals surface area contributed by atoms with Crippen LogP contribution in [-0.2, 0) is 6.54 Å². The fraction of sp³-hybridized carbons (Fsp3) is 0.353. The maximum atomic E-state index is 5.28. The van der Waals surface area contributed by atoms with Crippen molar-refractivity contribution in [3.63, 3.8) is 0 Å². The third-order valence-corrected chi connectivity index (χ3v) is 3.46. The summed E-state index contributed by atoms with van der Waals surface area (Å²) in [4.78, 5) is 4.53. The molecule has 0 spiro atoms. The standard InChI is InChI=1S/C17H22N2O/c1-12-7-5-6-8-17(12)14(3)18-11-15-10-16(20-4)9-13(2)19-15/h5-10,14,18H,11H2,1-4H3/t14-/m1/s1. The largest absolute Gasteiger partial charge is 0.497 e. The smallest absolute Gasteiger partial charge is 0.122 e. The van der Waals surface area contributed by atoms with Crippen molar-refractivity contribution in [2.75, 3.05) is 7.11 Å². The van der Waals surface area contributed by atoms with Crippen molar-refractivity contribution < 1.29 is 4.74 Å². The van der Waals surface area contributed by atoms with E-state index in [2.05, 4.69) is 48.4 Å². The van der Waals surface area contributed by atoms with Gasteiger partial charge in [0.2, 0.25) is 0 Å². The second-order valence-electron chi connectivity index (χ2n) is 5.10. The Hall–Kier alpha value is -1.87. The van der Waals surface area contributed by atoms with E-state index in [4.69, 9.17) is 4.74 Å². The third-order valence-electron chi connectivity index (χ3n) is 3.46. The van der Waals surface area contributed by atoms with Gasteiger partial charge in [-0.05, 0) is 31.9 Å². The predicted octanol–water partition coefficient (Wildman–Crippen LogP) is 3.56. The van der Waals surface area contributed by atoms with Crippen LogP contribution in [0.4, 0.5) is 0 Å². The zero-order chi connectivity index (χ0) is 14.5. The van der Waals surface area contributed by atoms with Crippen LogP contribution in [0, 0.1) is 13.8 Å². The Labute approximate surface area is 121 Å². The molecule has 2 rings (SSSR count). The average Bonchev–Trinajstić information content (AvgIpc) is 2.44. The summed E-state index contributed by atoms with van der Waals surface area (Å²) < 4.78 is 5.28. The van der Waals surface area contributed by atoms with Crippen LogP contribution in [0.15, 0.2) is 36.4 Å². The molecule has 3 heteroatoms. The maximum Gasteiger partial charge on any atom is 0.122 e. The number of aryl methyl sites for hydroxylation is 2. The van der Waals surface area contributed by atoms with E-state index in [1.165, 1.54) is 11.1 Å². The van der Waals surface area contributed by atoms with Crippen molar-refractivity contribution in [1.29, 1.82) is 0 Å². The third kappa shape index (κ3) is 3.58. The van der Waals surface area contributed by atoms with Gasteiger partial charge in [-0.15, -0.1) is 0 Å². The van der Waals surface area contributed by atoms with Gasteiger partial charge in [-0.2, -0.15) is 0 Å².